The number of carboxylic acids is 3. The molecule has 0 saturated carbocycles. The Morgan fingerprint density at radius 3 is 2.20 bits per heavy atom. The molecule has 0 atom stereocenters. The summed E-state index contributed by atoms with van der Waals surface area (Å²) < 4.78 is 5.72. The zero-order chi connectivity index (χ0) is 25.4. The van der Waals surface area contributed by atoms with E-state index in [-0.39, 0.29) is 50.1 Å². The molecule has 1 amide bonds. The number of aromatic carboxylic acids is 3. The van der Waals surface area contributed by atoms with Gasteiger partial charge in [0, 0.05) is 5.56 Å². The highest BCUT2D eigenvalue weighted by molar-refractivity contribution is 6.34. The molecule has 2 heterocycles. The van der Waals surface area contributed by atoms with Crippen LogP contribution in [0.5, 0.6) is 0 Å². The van der Waals surface area contributed by atoms with Crippen LogP contribution in [0.15, 0.2) is 63.6 Å². The second-order valence-corrected chi connectivity index (χ2v) is 7.85. The molecule has 2 aromatic carbocycles. The van der Waals surface area contributed by atoms with Crippen LogP contribution in [0.2, 0.25) is 5.02 Å². The summed E-state index contributed by atoms with van der Waals surface area (Å²) in [6.45, 7) is 1.59. The van der Waals surface area contributed by atoms with Crippen LogP contribution in [-0.4, -0.2) is 44.8 Å². The minimum Gasteiger partial charge on any atom is -0.478 e. The highest BCUT2D eigenvalue weighted by atomic mass is 35.5. The lowest BCUT2D eigenvalue weighted by atomic mass is 10.0. The smallest absolute Gasteiger partial charge is 0.337 e. The predicted molar refractivity (Wildman–Crippen MR) is 125 cm³/mol. The summed E-state index contributed by atoms with van der Waals surface area (Å²) in [7, 11) is 0. The van der Waals surface area contributed by atoms with Crippen LogP contribution in [0.4, 0.5) is 5.69 Å². The minimum absolute atomic E-state index is 0.0190. The Kier molecular flexibility index (Phi) is 5.98. The van der Waals surface area contributed by atoms with Gasteiger partial charge in [-0.3, -0.25) is 4.79 Å². The van der Waals surface area contributed by atoms with E-state index in [1.54, 1.807) is 6.92 Å². The maximum absolute atomic E-state index is 13.0. The number of anilines is 1. The average molecular weight is 495 g/mol. The molecule has 0 fully saturated rings. The number of carbonyl (C=O) groups excluding carboxylic acids is 1. The first-order chi connectivity index (χ1) is 16.5. The summed E-state index contributed by atoms with van der Waals surface area (Å²) in [5, 5.41) is 33.1. The third-order valence-corrected chi connectivity index (χ3v) is 5.44. The summed E-state index contributed by atoms with van der Waals surface area (Å²) in [4.78, 5) is 47.1. The quantitative estimate of drug-likeness (QED) is 0.422. The Morgan fingerprint density at radius 2 is 1.60 bits per heavy atom. The van der Waals surface area contributed by atoms with Gasteiger partial charge in [-0.15, -0.1) is 0 Å². The first kappa shape index (κ1) is 23.5. The SMILES string of the molecule is CC1=NN(c2ccc(Cl)c(C(=O)O)c2)C(=O)/C1=C\c1ccc(-c2cc(C(=O)O)cc(C(=O)O)c2)o1. The van der Waals surface area contributed by atoms with Crippen molar-refractivity contribution in [1.82, 2.24) is 0 Å². The highest BCUT2D eigenvalue weighted by Gasteiger charge is 2.30. The number of furan rings is 1. The third-order valence-electron chi connectivity index (χ3n) is 5.11. The van der Waals surface area contributed by atoms with Crippen molar-refractivity contribution in [3.05, 3.63) is 81.6 Å². The van der Waals surface area contributed by atoms with Gasteiger partial charge in [0.05, 0.1) is 38.7 Å². The molecule has 10 nitrogen and oxygen atoms in total. The lowest BCUT2D eigenvalue weighted by Crippen LogP contribution is -2.21. The van der Waals surface area contributed by atoms with Crippen molar-refractivity contribution >= 4 is 52.9 Å². The van der Waals surface area contributed by atoms with Crippen LogP contribution >= 0.6 is 11.6 Å². The molecule has 176 valence electrons. The van der Waals surface area contributed by atoms with Gasteiger partial charge in [0.25, 0.3) is 5.91 Å². The highest BCUT2D eigenvalue weighted by Crippen LogP contribution is 2.30. The molecule has 3 N–H and O–H groups in total. The van der Waals surface area contributed by atoms with E-state index in [0.717, 1.165) is 11.1 Å². The Hall–Kier alpha value is -4.70. The monoisotopic (exact) mass is 494 g/mol. The molecule has 0 radical (unpaired) electrons. The van der Waals surface area contributed by atoms with Gasteiger partial charge in [0.1, 0.15) is 11.5 Å². The van der Waals surface area contributed by atoms with Gasteiger partial charge < -0.3 is 19.7 Å². The van der Waals surface area contributed by atoms with Crippen molar-refractivity contribution in [1.29, 1.82) is 0 Å². The number of hydrogen-bond donors (Lipinski definition) is 3. The molecule has 0 saturated heterocycles. The van der Waals surface area contributed by atoms with E-state index in [1.165, 1.54) is 48.5 Å². The van der Waals surface area contributed by atoms with Crippen LogP contribution < -0.4 is 5.01 Å². The molecule has 1 aliphatic heterocycles. The summed E-state index contributed by atoms with van der Waals surface area (Å²) in [5.41, 5.74) is 0.366. The van der Waals surface area contributed by atoms with Gasteiger partial charge in [-0.25, -0.2) is 14.4 Å². The molecule has 4 rings (SSSR count). The van der Waals surface area contributed by atoms with E-state index in [0.29, 0.717) is 5.71 Å². The van der Waals surface area contributed by atoms with Crippen molar-refractivity contribution in [3.63, 3.8) is 0 Å². The second kappa shape index (κ2) is 8.92. The molecular formula is C24H15ClN2O8. The lowest BCUT2D eigenvalue weighted by molar-refractivity contribution is -0.114. The van der Waals surface area contributed by atoms with Crippen molar-refractivity contribution in [3.8, 4) is 11.3 Å². The number of rotatable bonds is 6. The summed E-state index contributed by atoms with van der Waals surface area (Å²) >= 11 is 5.90. The topological polar surface area (TPSA) is 158 Å². The maximum Gasteiger partial charge on any atom is 0.337 e. The summed E-state index contributed by atoms with van der Waals surface area (Å²) in [5.74, 6) is -3.93. The van der Waals surface area contributed by atoms with Gasteiger partial charge in [-0.2, -0.15) is 10.1 Å². The summed E-state index contributed by atoms with van der Waals surface area (Å²) in [6.07, 6.45) is 1.43. The molecule has 11 heteroatoms. The zero-order valence-electron chi connectivity index (χ0n) is 17.9. The first-order valence-electron chi connectivity index (χ1n) is 9.91. The van der Waals surface area contributed by atoms with E-state index >= 15 is 0 Å². The predicted octanol–water partition coefficient (Wildman–Crippen LogP) is 4.50. The maximum atomic E-state index is 13.0. The van der Waals surface area contributed by atoms with E-state index in [2.05, 4.69) is 5.10 Å². The normalized spacial score (nSPS) is 14.3. The number of nitrogens with zero attached hydrogens (tertiary/aromatic N) is 2. The molecule has 0 aliphatic carbocycles. The molecular weight excluding hydrogens is 480 g/mol. The number of halogens is 1. The molecule has 35 heavy (non-hydrogen) atoms. The Morgan fingerprint density at radius 1 is 0.943 bits per heavy atom. The molecule has 0 bridgehead atoms. The Bertz CT molecular complexity index is 1450. The van der Waals surface area contributed by atoms with Gasteiger partial charge in [0.2, 0.25) is 0 Å². The van der Waals surface area contributed by atoms with Gasteiger partial charge in [-0.1, -0.05) is 11.6 Å². The standard InChI is InChI=1S/C24H15ClN2O8/c1-11-17(21(28)27(26-11)15-2-4-19(25)18(9-15)24(33)34)10-16-3-5-20(35-16)12-6-13(22(29)30)8-14(7-12)23(31)32/h2-10H,1H3,(H,29,30)(H,31,32)(H,33,34)/b17-10-. The molecule has 0 unspecified atom stereocenters. The van der Waals surface area contributed by atoms with Crippen molar-refractivity contribution in [2.24, 2.45) is 5.10 Å². The average Bonchev–Trinajstić information content (AvgIpc) is 3.39. The van der Waals surface area contributed by atoms with Crippen molar-refractivity contribution < 1.29 is 38.9 Å². The largest absolute Gasteiger partial charge is 0.478 e. The van der Waals surface area contributed by atoms with Crippen LogP contribution in [0, 0.1) is 0 Å². The number of carbonyl (C=O) groups is 4. The summed E-state index contributed by atoms with van der Waals surface area (Å²) in [6, 6.07) is 10.7. The van der Waals surface area contributed by atoms with E-state index in [4.69, 9.17) is 16.0 Å². The zero-order valence-corrected chi connectivity index (χ0v) is 18.6. The van der Waals surface area contributed by atoms with E-state index in [9.17, 15) is 34.5 Å². The Labute approximate surface area is 202 Å². The molecule has 3 aromatic rings. The van der Waals surface area contributed by atoms with Crippen molar-refractivity contribution in [2.75, 3.05) is 5.01 Å². The lowest BCUT2D eigenvalue weighted by Gasteiger charge is -2.12. The number of benzene rings is 2. The first-order valence-corrected chi connectivity index (χ1v) is 10.3. The minimum atomic E-state index is -1.29. The van der Waals surface area contributed by atoms with Gasteiger partial charge >= 0.3 is 17.9 Å². The van der Waals surface area contributed by atoms with Crippen LogP contribution in [0.1, 0.15) is 43.8 Å². The Balaban J connectivity index is 1.66. The van der Waals surface area contributed by atoms with Crippen LogP contribution in [0.25, 0.3) is 17.4 Å². The van der Waals surface area contributed by atoms with E-state index < -0.39 is 23.8 Å². The fourth-order valence-electron chi connectivity index (χ4n) is 3.41. The molecule has 1 aliphatic rings. The van der Waals surface area contributed by atoms with Crippen molar-refractivity contribution in [2.45, 2.75) is 6.92 Å². The number of hydrogen-bond acceptors (Lipinski definition) is 6. The van der Waals surface area contributed by atoms with E-state index in [1.807, 2.05) is 0 Å². The van der Waals surface area contributed by atoms with Crippen LogP contribution in [0.3, 0.4) is 0 Å². The molecule has 1 aromatic heterocycles. The molecule has 0 spiro atoms. The number of carboxylic acid groups (broad SMARTS) is 3. The number of hydrazone groups is 1. The second-order valence-electron chi connectivity index (χ2n) is 7.44. The fourth-order valence-corrected chi connectivity index (χ4v) is 3.61. The van der Waals surface area contributed by atoms with Gasteiger partial charge in [0.15, 0.2) is 0 Å². The van der Waals surface area contributed by atoms with Crippen LogP contribution in [-0.2, 0) is 4.79 Å². The third kappa shape index (κ3) is 4.55. The number of amides is 1. The fraction of sp³-hybridized carbons (Fsp3) is 0.0417. The van der Waals surface area contributed by atoms with Gasteiger partial charge in [-0.05, 0) is 61.5 Å².